The fraction of sp³-hybridized carbons (Fsp3) is 0.294. The molecule has 0 spiro atoms. The molecule has 1 aliphatic heterocycles. The molecule has 108 valence electrons. The van der Waals surface area contributed by atoms with Crippen molar-refractivity contribution < 1.29 is 9.59 Å². The molecule has 0 amide bonds. The Labute approximate surface area is 128 Å². The number of thioether (sulfide) groups is 1. The summed E-state index contributed by atoms with van der Waals surface area (Å²) in [7, 11) is 1.92. The molecule has 1 aliphatic carbocycles. The number of para-hydroxylation sites is 1. The van der Waals surface area contributed by atoms with Gasteiger partial charge in [-0.3, -0.25) is 9.59 Å². The highest BCUT2D eigenvalue weighted by Gasteiger charge is 2.32. The van der Waals surface area contributed by atoms with Crippen LogP contribution >= 0.6 is 11.8 Å². The lowest BCUT2D eigenvalue weighted by Crippen LogP contribution is -2.24. The summed E-state index contributed by atoms with van der Waals surface area (Å²) in [5.74, 6) is 0.894. The first-order valence-electron chi connectivity index (χ1n) is 7.11. The summed E-state index contributed by atoms with van der Waals surface area (Å²) < 4.78 is 0. The predicted octanol–water partition coefficient (Wildman–Crippen LogP) is 3.42. The van der Waals surface area contributed by atoms with Crippen LogP contribution in [-0.4, -0.2) is 24.4 Å². The van der Waals surface area contributed by atoms with E-state index >= 15 is 0 Å². The summed E-state index contributed by atoms with van der Waals surface area (Å²) in [6, 6.07) is 8.11. The molecule has 0 N–H and O–H groups in total. The zero-order chi connectivity index (χ0) is 15.0. The van der Waals surface area contributed by atoms with E-state index in [9.17, 15) is 9.59 Å². The SMILES string of the molecule is CCSC1=CC(=C2C(=O)CCC2=O)N(C)c2ccccc21. The Bertz CT molecular complexity index is 670. The van der Waals surface area contributed by atoms with Crippen LogP contribution in [-0.2, 0) is 9.59 Å². The summed E-state index contributed by atoms with van der Waals surface area (Å²) in [4.78, 5) is 27.2. The molecule has 4 heteroatoms. The molecular formula is C17H17NO2S. The van der Waals surface area contributed by atoms with Crippen LogP contribution in [0.3, 0.4) is 0 Å². The van der Waals surface area contributed by atoms with E-state index in [0.717, 1.165) is 27.6 Å². The minimum absolute atomic E-state index is 0.0293. The van der Waals surface area contributed by atoms with Crippen molar-refractivity contribution in [3.05, 3.63) is 47.2 Å². The smallest absolute Gasteiger partial charge is 0.169 e. The Morgan fingerprint density at radius 1 is 1.14 bits per heavy atom. The van der Waals surface area contributed by atoms with Crippen molar-refractivity contribution in [1.29, 1.82) is 0 Å². The number of benzene rings is 1. The largest absolute Gasteiger partial charge is 0.343 e. The van der Waals surface area contributed by atoms with Gasteiger partial charge in [0.05, 0.1) is 11.3 Å². The quantitative estimate of drug-likeness (QED) is 0.619. The second kappa shape index (κ2) is 5.53. The molecule has 0 radical (unpaired) electrons. The highest BCUT2D eigenvalue weighted by atomic mass is 32.2. The van der Waals surface area contributed by atoms with Crippen LogP contribution in [0.4, 0.5) is 5.69 Å². The highest BCUT2D eigenvalue weighted by Crippen LogP contribution is 2.42. The molecule has 1 heterocycles. The number of anilines is 1. The van der Waals surface area contributed by atoms with Gasteiger partial charge in [0.1, 0.15) is 0 Å². The molecule has 2 aliphatic rings. The number of carbonyl (C=O) groups excluding carboxylic acids is 2. The second-order valence-corrected chi connectivity index (χ2v) is 6.43. The van der Waals surface area contributed by atoms with Crippen molar-refractivity contribution in [3.8, 4) is 0 Å². The van der Waals surface area contributed by atoms with E-state index < -0.39 is 0 Å². The topological polar surface area (TPSA) is 37.4 Å². The average molecular weight is 299 g/mol. The average Bonchev–Trinajstić information content (AvgIpc) is 2.82. The van der Waals surface area contributed by atoms with Gasteiger partial charge in [-0.25, -0.2) is 0 Å². The fourth-order valence-electron chi connectivity index (χ4n) is 2.84. The normalized spacial score (nSPS) is 18.2. The maximum Gasteiger partial charge on any atom is 0.169 e. The number of nitrogens with zero attached hydrogens (tertiary/aromatic N) is 1. The standard InChI is InChI=1S/C17H17NO2S/c1-3-21-16-10-13(17-14(19)8-9-15(17)20)18(2)12-7-5-4-6-11(12)16/h4-7,10H,3,8-9H2,1-2H3. The third-order valence-corrected chi connectivity index (χ3v) is 4.79. The number of carbonyl (C=O) groups is 2. The van der Waals surface area contributed by atoms with Gasteiger partial charge in [0, 0.05) is 36.0 Å². The number of Topliss-reactive ketones (excluding diaryl/α,β-unsaturated/α-hetero) is 2. The van der Waals surface area contributed by atoms with Gasteiger partial charge < -0.3 is 4.90 Å². The molecule has 0 atom stereocenters. The van der Waals surface area contributed by atoms with Crippen LogP contribution in [0.2, 0.25) is 0 Å². The molecule has 0 saturated heterocycles. The molecule has 1 fully saturated rings. The van der Waals surface area contributed by atoms with Crippen LogP contribution in [0.15, 0.2) is 41.6 Å². The van der Waals surface area contributed by atoms with Gasteiger partial charge in [0.2, 0.25) is 0 Å². The Morgan fingerprint density at radius 2 is 1.81 bits per heavy atom. The van der Waals surface area contributed by atoms with E-state index in [1.807, 2.05) is 36.2 Å². The van der Waals surface area contributed by atoms with Crippen molar-refractivity contribution >= 4 is 33.9 Å². The number of hydrogen-bond donors (Lipinski definition) is 0. The van der Waals surface area contributed by atoms with Gasteiger partial charge in [-0.1, -0.05) is 25.1 Å². The molecule has 0 unspecified atom stereocenters. The summed E-state index contributed by atoms with van der Waals surface area (Å²) >= 11 is 1.74. The van der Waals surface area contributed by atoms with E-state index in [1.54, 1.807) is 11.8 Å². The Hall–Kier alpha value is -1.81. The first-order chi connectivity index (χ1) is 10.1. The Kier molecular flexibility index (Phi) is 3.72. The number of rotatable bonds is 2. The van der Waals surface area contributed by atoms with E-state index in [-0.39, 0.29) is 11.6 Å². The van der Waals surface area contributed by atoms with Gasteiger partial charge in [-0.05, 0) is 17.9 Å². The van der Waals surface area contributed by atoms with Gasteiger partial charge in [0.15, 0.2) is 11.6 Å². The van der Waals surface area contributed by atoms with Gasteiger partial charge >= 0.3 is 0 Å². The minimum Gasteiger partial charge on any atom is -0.343 e. The molecule has 1 aromatic rings. The maximum absolute atomic E-state index is 12.1. The lowest BCUT2D eigenvalue weighted by atomic mass is 10.0. The van der Waals surface area contributed by atoms with Crippen LogP contribution in [0.25, 0.3) is 4.91 Å². The summed E-state index contributed by atoms with van der Waals surface area (Å²) in [5, 5.41) is 0. The van der Waals surface area contributed by atoms with E-state index in [4.69, 9.17) is 0 Å². The molecule has 3 rings (SSSR count). The monoisotopic (exact) mass is 299 g/mol. The van der Waals surface area contributed by atoms with Crippen LogP contribution in [0.1, 0.15) is 25.3 Å². The van der Waals surface area contributed by atoms with Crippen LogP contribution in [0.5, 0.6) is 0 Å². The zero-order valence-electron chi connectivity index (χ0n) is 12.2. The maximum atomic E-state index is 12.1. The van der Waals surface area contributed by atoms with E-state index in [0.29, 0.717) is 18.4 Å². The molecule has 0 bridgehead atoms. The lowest BCUT2D eigenvalue weighted by molar-refractivity contribution is -0.116. The van der Waals surface area contributed by atoms with Gasteiger partial charge in [0.25, 0.3) is 0 Å². The minimum atomic E-state index is -0.0293. The third-order valence-electron chi connectivity index (χ3n) is 3.85. The second-order valence-electron chi connectivity index (χ2n) is 5.12. The Morgan fingerprint density at radius 3 is 2.48 bits per heavy atom. The van der Waals surface area contributed by atoms with E-state index in [2.05, 4.69) is 13.0 Å². The van der Waals surface area contributed by atoms with Crippen molar-refractivity contribution in [2.45, 2.75) is 19.8 Å². The van der Waals surface area contributed by atoms with Crippen molar-refractivity contribution in [2.24, 2.45) is 0 Å². The molecule has 21 heavy (non-hydrogen) atoms. The molecule has 1 aromatic carbocycles. The van der Waals surface area contributed by atoms with Crippen LogP contribution in [0, 0.1) is 0 Å². The third kappa shape index (κ3) is 2.33. The van der Waals surface area contributed by atoms with Crippen molar-refractivity contribution in [2.75, 3.05) is 17.7 Å². The highest BCUT2D eigenvalue weighted by molar-refractivity contribution is 8.08. The first kappa shape index (κ1) is 14.1. The predicted molar refractivity (Wildman–Crippen MR) is 87.2 cm³/mol. The summed E-state index contributed by atoms with van der Waals surface area (Å²) in [6.07, 6.45) is 2.68. The molecule has 0 aromatic heterocycles. The number of allylic oxidation sites excluding steroid dienone is 2. The lowest BCUT2D eigenvalue weighted by Gasteiger charge is -2.30. The van der Waals surface area contributed by atoms with Crippen LogP contribution < -0.4 is 4.90 Å². The van der Waals surface area contributed by atoms with Gasteiger partial charge in [-0.2, -0.15) is 0 Å². The number of hydrogen-bond acceptors (Lipinski definition) is 4. The molecule has 3 nitrogen and oxygen atoms in total. The summed E-state index contributed by atoms with van der Waals surface area (Å²) in [5.41, 5.74) is 3.33. The number of fused-ring (bicyclic) bond motifs is 1. The molecular weight excluding hydrogens is 282 g/mol. The fourth-order valence-corrected chi connectivity index (χ4v) is 3.67. The zero-order valence-corrected chi connectivity index (χ0v) is 13.0. The first-order valence-corrected chi connectivity index (χ1v) is 8.10. The number of ketones is 2. The summed E-state index contributed by atoms with van der Waals surface area (Å²) in [6.45, 7) is 2.10. The molecule has 1 saturated carbocycles. The van der Waals surface area contributed by atoms with Crippen molar-refractivity contribution in [1.82, 2.24) is 0 Å². The number of likely N-dealkylation sites (N-methyl/N-ethyl adjacent to an activating group) is 1. The Balaban J connectivity index is 2.21. The van der Waals surface area contributed by atoms with Crippen molar-refractivity contribution in [3.63, 3.8) is 0 Å². The van der Waals surface area contributed by atoms with Gasteiger partial charge in [-0.15, -0.1) is 11.8 Å². The van der Waals surface area contributed by atoms with E-state index in [1.165, 1.54) is 0 Å².